The number of aromatic nitrogens is 1. The second-order valence-corrected chi connectivity index (χ2v) is 13.7. The van der Waals surface area contributed by atoms with E-state index in [2.05, 4.69) is 16.6 Å². The minimum absolute atomic E-state index is 0.00342. The van der Waals surface area contributed by atoms with Crippen LogP contribution in [-0.4, -0.2) is 52.9 Å². The molecule has 3 fully saturated rings. The van der Waals surface area contributed by atoms with Crippen molar-refractivity contribution in [3.63, 3.8) is 0 Å². The van der Waals surface area contributed by atoms with Gasteiger partial charge in [-0.3, -0.25) is 14.5 Å². The lowest BCUT2D eigenvalue weighted by Gasteiger charge is -2.33. The fraction of sp³-hybridized carbons (Fsp3) is 0.472. The highest BCUT2D eigenvalue weighted by Gasteiger charge is 2.46. The lowest BCUT2D eigenvalue weighted by Crippen LogP contribution is -2.34. The summed E-state index contributed by atoms with van der Waals surface area (Å²) in [7, 11) is 0. The number of rotatable bonds is 7. The number of amides is 2. The first-order valence-electron chi connectivity index (χ1n) is 16.2. The number of alkyl halides is 3. The lowest BCUT2D eigenvalue weighted by molar-refractivity contribution is -0.138. The van der Waals surface area contributed by atoms with Crippen LogP contribution in [-0.2, 0) is 17.5 Å². The number of nitrogens with zero attached hydrogens (tertiary/aromatic N) is 4. The van der Waals surface area contributed by atoms with Gasteiger partial charge in [0.25, 0.3) is 5.91 Å². The summed E-state index contributed by atoms with van der Waals surface area (Å²) in [4.78, 5) is 31.6. The highest BCUT2D eigenvalue weighted by atomic mass is 19.4. The summed E-state index contributed by atoms with van der Waals surface area (Å²) in [5.41, 5.74) is 3.19. The SMILES string of the molecule is C=CC(=O)N1CC[C@]2(CCN([C@@H](C)c3cc4c(c(C(F)(F)F)c3)CN(c3cccc([C@H](c5nocc5C)C5CCC5)c3)C4=O)C2)C1. The summed E-state index contributed by atoms with van der Waals surface area (Å²) in [6.07, 6.45) is 3.36. The van der Waals surface area contributed by atoms with Gasteiger partial charge >= 0.3 is 6.18 Å². The quantitative estimate of drug-likeness (QED) is 0.257. The molecule has 3 aromatic rings. The van der Waals surface area contributed by atoms with Crippen molar-refractivity contribution >= 4 is 17.5 Å². The first-order chi connectivity index (χ1) is 22.0. The van der Waals surface area contributed by atoms with Gasteiger partial charge in [-0.25, -0.2) is 0 Å². The van der Waals surface area contributed by atoms with Crippen molar-refractivity contribution in [2.45, 2.75) is 70.6 Å². The van der Waals surface area contributed by atoms with Crippen molar-refractivity contribution in [3.05, 3.63) is 94.4 Å². The molecule has 7 rings (SSSR count). The molecule has 1 aliphatic carbocycles. The molecule has 242 valence electrons. The molecule has 46 heavy (non-hydrogen) atoms. The average molecular weight is 633 g/mol. The number of fused-ring (bicyclic) bond motifs is 1. The van der Waals surface area contributed by atoms with Crippen molar-refractivity contribution < 1.29 is 27.3 Å². The number of hydrogen-bond donors (Lipinski definition) is 0. The predicted octanol–water partition coefficient (Wildman–Crippen LogP) is 7.27. The summed E-state index contributed by atoms with van der Waals surface area (Å²) < 4.78 is 49.1. The predicted molar refractivity (Wildman–Crippen MR) is 167 cm³/mol. The average Bonchev–Trinajstić information content (AvgIpc) is 3.81. The molecule has 1 saturated carbocycles. The molecule has 7 nitrogen and oxygen atoms in total. The van der Waals surface area contributed by atoms with Crippen LogP contribution >= 0.6 is 0 Å². The Hall–Kier alpha value is -3.92. The first-order valence-corrected chi connectivity index (χ1v) is 16.2. The van der Waals surface area contributed by atoms with Crippen LogP contribution in [0.25, 0.3) is 0 Å². The Morgan fingerprint density at radius 2 is 1.91 bits per heavy atom. The molecule has 0 N–H and O–H groups in total. The molecule has 1 spiro atoms. The zero-order chi connectivity index (χ0) is 32.4. The number of halogens is 3. The molecule has 1 aromatic heterocycles. The van der Waals surface area contributed by atoms with E-state index in [4.69, 9.17) is 4.52 Å². The Kier molecular flexibility index (Phi) is 7.61. The summed E-state index contributed by atoms with van der Waals surface area (Å²) in [5.74, 6) is -0.115. The number of benzene rings is 2. The van der Waals surface area contributed by atoms with E-state index in [-0.39, 0.29) is 41.0 Å². The smallest absolute Gasteiger partial charge is 0.364 e. The molecule has 2 saturated heterocycles. The van der Waals surface area contributed by atoms with Crippen molar-refractivity contribution in [1.29, 1.82) is 0 Å². The molecule has 10 heteroatoms. The topological polar surface area (TPSA) is 69.9 Å². The zero-order valence-corrected chi connectivity index (χ0v) is 26.3. The normalized spacial score (nSPS) is 23.2. The second-order valence-electron chi connectivity index (χ2n) is 13.7. The third-order valence-corrected chi connectivity index (χ3v) is 11.0. The lowest BCUT2D eigenvalue weighted by atomic mass is 9.71. The monoisotopic (exact) mass is 632 g/mol. The van der Waals surface area contributed by atoms with Gasteiger partial charge in [0.05, 0.1) is 17.8 Å². The van der Waals surface area contributed by atoms with E-state index < -0.39 is 17.6 Å². The second kappa shape index (κ2) is 11.4. The van der Waals surface area contributed by atoms with Gasteiger partial charge in [-0.15, -0.1) is 0 Å². The molecule has 0 bridgehead atoms. The standard InChI is InChI=1S/C36H39F3N4O3/c1-4-31(44)42-14-12-35(21-42)11-13-41(20-35)23(3)26-16-28-29(30(17-26)36(37,38)39)18-43(34(28)45)27-10-6-9-25(15-27)32(24-7-5-8-24)33-22(2)19-46-40-33/h4,6,9-10,15-17,19,23-24,32H,1,5,7-8,11-14,18,20-21H2,2-3H3/t23-,32+,35-/m0/s1. The number of anilines is 1. The van der Waals surface area contributed by atoms with Crippen LogP contribution in [0.3, 0.4) is 0 Å². The molecular formula is C36H39F3N4O3. The van der Waals surface area contributed by atoms with E-state index in [1.807, 2.05) is 36.9 Å². The van der Waals surface area contributed by atoms with Crippen LogP contribution in [0.5, 0.6) is 0 Å². The van der Waals surface area contributed by atoms with E-state index in [1.165, 1.54) is 17.0 Å². The van der Waals surface area contributed by atoms with E-state index in [1.54, 1.807) is 18.4 Å². The Bertz CT molecular complexity index is 1700. The highest BCUT2D eigenvalue weighted by molar-refractivity contribution is 6.10. The summed E-state index contributed by atoms with van der Waals surface area (Å²) >= 11 is 0. The van der Waals surface area contributed by atoms with Crippen molar-refractivity contribution in [2.24, 2.45) is 11.3 Å². The molecule has 3 atom stereocenters. The van der Waals surface area contributed by atoms with Crippen LogP contribution in [0.4, 0.5) is 18.9 Å². The molecule has 2 aromatic carbocycles. The number of likely N-dealkylation sites (tertiary alicyclic amines) is 2. The summed E-state index contributed by atoms with van der Waals surface area (Å²) in [6, 6.07) is 10.2. The van der Waals surface area contributed by atoms with Crippen LogP contribution in [0.1, 0.15) is 94.9 Å². The van der Waals surface area contributed by atoms with Gasteiger partial charge in [-0.05, 0) is 99.0 Å². The Labute approximate surface area is 267 Å². The molecule has 0 radical (unpaired) electrons. The van der Waals surface area contributed by atoms with Gasteiger partial charge in [0, 0.05) is 53.8 Å². The minimum Gasteiger partial charge on any atom is -0.364 e. The van der Waals surface area contributed by atoms with Crippen LogP contribution < -0.4 is 4.90 Å². The van der Waals surface area contributed by atoms with E-state index in [0.29, 0.717) is 36.8 Å². The van der Waals surface area contributed by atoms with Crippen molar-refractivity contribution in [3.8, 4) is 0 Å². The highest BCUT2D eigenvalue weighted by Crippen LogP contribution is 2.47. The van der Waals surface area contributed by atoms with Crippen molar-refractivity contribution in [2.75, 3.05) is 31.1 Å². The number of carbonyl (C=O) groups excluding carboxylic acids is 2. The van der Waals surface area contributed by atoms with Gasteiger partial charge in [0.2, 0.25) is 5.91 Å². The fourth-order valence-corrected chi connectivity index (χ4v) is 8.14. The third kappa shape index (κ3) is 5.24. The van der Waals surface area contributed by atoms with Crippen LogP contribution in [0.15, 0.2) is 59.8 Å². The molecule has 4 aliphatic rings. The largest absolute Gasteiger partial charge is 0.416 e. The Balaban J connectivity index is 1.17. The minimum atomic E-state index is -4.61. The van der Waals surface area contributed by atoms with Gasteiger partial charge in [-0.2, -0.15) is 13.2 Å². The molecule has 4 heterocycles. The van der Waals surface area contributed by atoms with Crippen molar-refractivity contribution in [1.82, 2.24) is 15.0 Å². The summed E-state index contributed by atoms with van der Waals surface area (Å²) in [6.45, 7) is 10.0. The Morgan fingerprint density at radius 3 is 2.59 bits per heavy atom. The maximum absolute atomic E-state index is 14.6. The number of aryl methyl sites for hydroxylation is 1. The van der Waals surface area contributed by atoms with Gasteiger partial charge in [0.1, 0.15) is 6.26 Å². The molecular weight excluding hydrogens is 593 g/mol. The maximum Gasteiger partial charge on any atom is 0.416 e. The van der Waals surface area contributed by atoms with Gasteiger partial charge in [-0.1, -0.05) is 30.3 Å². The van der Waals surface area contributed by atoms with E-state index in [9.17, 15) is 22.8 Å². The van der Waals surface area contributed by atoms with Gasteiger partial charge < -0.3 is 14.3 Å². The zero-order valence-electron chi connectivity index (χ0n) is 26.3. The number of hydrogen-bond acceptors (Lipinski definition) is 5. The molecule has 0 unspecified atom stereocenters. The van der Waals surface area contributed by atoms with Crippen LogP contribution in [0, 0.1) is 18.3 Å². The molecule has 2 amide bonds. The first kappa shape index (κ1) is 30.7. The fourth-order valence-electron chi connectivity index (χ4n) is 8.14. The maximum atomic E-state index is 14.6. The molecule has 3 aliphatic heterocycles. The summed E-state index contributed by atoms with van der Waals surface area (Å²) in [5, 5.41) is 4.30. The van der Waals surface area contributed by atoms with Gasteiger partial charge in [0.15, 0.2) is 0 Å². The van der Waals surface area contributed by atoms with Crippen LogP contribution in [0.2, 0.25) is 0 Å². The van der Waals surface area contributed by atoms with E-state index in [0.717, 1.165) is 55.5 Å². The number of carbonyl (C=O) groups is 2. The Morgan fingerprint density at radius 1 is 1.13 bits per heavy atom. The third-order valence-electron chi connectivity index (χ3n) is 11.0. The van der Waals surface area contributed by atoms with E-state index >= 15 is 0 Å².